The number of rotatable bonds is 3. The van der Waals surface area contributed by atoms with Gasteiger partial charge in [-0.15, -0.1) is 0 Å². The molecule has 98 valence electrons. The summed E-state index contributed by atoms with van der Waals surface area (Å²) in [6, 6.07) is 6.65. The highest BCUT2D eigenvalue weighted by Crippen LogP contribution is 2.22. The molecule has 0 aliphatic heterocycles. The quantitative estimate of drug-likeness (QED) is 0.844. The minimum atomic E-state index is -4.95. The van der Waals surface area contributed by atoms with Gasteiger partial charge in [0.2, 0.25) is 0 Å². The predicted octanol–water partition coefficient (Wildman–Crippen LogP) is 3.25. The standard InChI is InChI=1S/C12H13F3N2O/c1-8(2)17(11(18)12(13,14)15)16-10-6-4-5-9(3)7-10/h4-7,16H,1H2,2-3H3. The molecule has 0 spiro atoms. The molecule has 0 aliphatic rings. The number of amides is 1. The molecule has 18 heavy (non-hydrogen) atoms. The second-order valence-electron chi connectivity index (χ2n) is 3.85. The molecule has 1 aromatic rings. The second kappa shape index (κ2) is 5.12. The molecule has 0 saturated heterocycles. The predicted molar refractivity (Wildman–Crippen MR) is 62.5 cm³/mol. The molecule has 0 atom stereocenters. The van der Waals surface area contributed by atoms with E-state index in [9.17, 15) is 18.0 Å². The summed E-state index contributed by atoms with van der Waals surface area (Å²) in [4.78, 5) is 11.2. The van der Waals surface area contributed by atoms with Crippen LogP contribution in [0.4, 0.5) is 18.9 Å². The minimum Gasteiger partial charge on any atom is -0.291 e. The smallest absolute Gasteiger partial charge is 0.291 e. The Morgan fingerprint density at radius 3 is 2.44 bits per heavy atom. The number of nitrogens with one attached hydrogen (secondary N) is 1. The third kappa shape index (κ3) is 3.51. The lowest BCUT2D eigenvalue weighted by Gasteiger charge is -2.25. The van der Waals surface area contributed by atoms with Crippen molar-refractivity contribution in [2.45, 2.75) is 20.0 Å². The van der Waals surface area contributed by atoms with E-state index in [1.807, 2.05) is 0 Å². The van der Waals surface area contributed by atoms with Crippen molar-refractivity contribution < 1.29 is 18.0 Å². The fourth-order valence-electron chi connectivity index (χ4n) is 1.29. The average molecular weight is 258 g/mol. The largest absolute Gasteiger partial charge is 0.473 e. The third-order valence-corrected chi connectivity index (χ3v) is 2.09. The summed E-state index contributed by atoms with van der Waals surface area (Å²) in [5.74, 6) is -2.00. The monoisotopic (exact) mass is 258 g/mol. The Labute approximate surface area is 103 Å². The van der Waals surface area contributed by atoms with Crippen molar-refractivity contribution in [1.29, 1.82) is 0 Å². The number of allylic oxidation sites excluding steroid dienone is 1. The Bertz CT molecular complexity index is 469. The van der Waals surface area contributed by atoms with Gasteiger partial charge in [0.15, 0.2) is 0 Å². The molecule has 0 fully saturated rings. The molecule has 6 heteroatoms. The van der Waals surface area contributed by atoms with E-state index in [0.717, 1.165) is 5.56 Å². The van der Waals surface area contributed by atoms with Crippen molar-refractivity contribution in [3.63, 3.8) is 0 Å². The molecular weight excluding hydrogens is 245 g/mol. The Balaban J connectivity index is 2.95. The first kappa shape index (κ1) is 14.1. The number of carbonyl (C=O) groups excluding carboxylic acids is 1. The number of benzene rings is 1. The summed E-state index contributed by atoms with van der Waals surface area (Å²) >= 11 is 0. The van der Waals surface area contributed by atoms with Gasteiger partial charge in [0, 0.05) is 5.70 Å². The molecule has 3 nitrogen and oxygen atoms in total. The SMILES string of the molecule is C=C(C)N(Nc1cccc(C)c1)C(=O)C(F)(F)F. The number of hydrogen-bond donors (Lipinski definition) is 1. The lowest BCUT2D eigenvalue weighted by Crippen LogP contribution is -2.43. The molecule has 0 bridgehead atoms. The van der Waals surface area contributed by atoms with Crippen LogP contribution in [0.15, 0.2) is 36.5 Å². The van der Waals surface area contributed by atoms with Gasteiger partial charge < -0.3 is 0 Å². The van der Waals surface area contributed by atoms with Crippen LogP contribution in [0.1, 0.15) is 12.5 Å². The first-order valence-electron chi connectivity index (χ1n) is 5.12. The van der Waals surface area contributed by atoms with Gasteiger partial charge in [-0.1, -0.05) is 18.7 Å². The van der Waals surface area contributed by atoms with E-state index in [2.05, 4.69) is 12.0 Å². The Morgan fingerprint density at radius 2 is 2.00 bits per heavy atom. The average Bonchev–Trinajstić information content (AvgIpc) is 2.23. The fraction of sp³-hybridized carbons (Fsp3) is 0.250. The van der Waals surface area contributed by atoms with Gasteiger partial charge in [0.1, 0.15) is 0 Å². The molecule has 0 aliphatic carbocycles. The first-order valence-corrected chi connectivity index (χ1v) is 5.12. The fourth-order valence-corrected chi connectivity index (χ4v) is 1.29. The highest BCUT2D eigenvalue weighted by atomic mass is 19.4. The van der Waals surface area contributed by atoms with Crippen LogP contribution in [0.3, 0.4) is 0 Å². The van der Waals surface area contributed by atoms with Crippen molar-refractivity contribution in [3.05, 3.63) is 42.1 Å². The molecule has 1 aromatic carbocycles. The number of carbonyl (C=O) groups is 1. The molecule has 1 N–H and O–H groups in total. The van der Waals surface area contributed by atoms with E-state index >= 15 is 0 Å². The normalized spacial score (nSPS) is 10.9. The minimum absolute atomic E-state index is 0.0427. The van der Waals surface area contributed by atoms with Gasteiger partial charge in [-0.3, -0.25) is 10.2 Å². The maximum atomic E-state index is 12.4. The second-order valence-corrected chi connectivity index (χ2v) is 3.85. The van der Waals surface area contributed by atoms with E-state index < -0.39 is 12.1 Å². The number of halogens is 3. The Morgan fingerprint density at radius 1 is 1.39 bits per heavy atom. The van der Waals surface area contributed by atoms with Gasteiger partial charge >= 0.3 is 12.1 Å². The van der Waals surface area contributed by atoms with Gasteiger partial charge in [-0.2, -0.15) is 13.2 Å². The highest BCUT2D eigenvalue weighted by molar-refractivity contribution is 5.84. The maximum Gasteiger partial charge on any atom is 0.473 e. The first-order chi connectivity index (χ1) is 8.21. The van der Waals surface area contributed by atoms with Gasteiger partial charge in [-0.25, -0.2) is 5.01 Å². The summed E-state index contributed by atoms with van der Waals surface area (Å²) in [7, 11) is 0. The van der Waals surface area contributed by atoms with Crippen LogP contribution in [0.25, 0.3) is 0 Å². The van der Waals surface area contributed by atoms with Crippen molar-refractivity contribution in [2.24, 2.45) is 0 Å². The van der Waals surface area contributed by atoms with Crippen LogP contribution >= 0.6 is 0 Å². The van der Waals surface area contributed by atoms with Gasteiger partial charge in [0.05, 0.1) is 5.69 Å². The zero-order chi connectivity index (χ0) is 13.9. The molecule has 0 unspecified atom stereocenters. The summed E-state index contributed by atoms with van der Waals surface area (Å²) in [5, 5.41) is 0.384. The number of nitrogens with zero attached hydrogens (tertiary/aromatic N) is 1. The molecule has 1 rings (SSSR count). The Kier molecular flexibility index (Phi) is 4.00. The molecule has 0 saturated carbocycles. The van der Waals surface area contributed by atoms with Crippen LogP contribution in [0, 0.1) is 6.92 Å². The van der Waals surface area contributed by atoms with Crippen molar-refractivity contribution in [2.75, 3.05) is 5.43 Å². The van der Waals surface area contributed by atoms with E-state index in [-0.39, 0.29) is 5.70 Å². The van der Waals surface area contributed by atoms with E-state index in [1.165, 1.54) is 6.92 Å². The van der Waals surface area contributed by atoms with Gasteiger partial charge in [-0.05, 0) is 31.5 Å². The lowest BCUT2D eigenvalue weighted by molar-refractivity contribution is -0.182. The van der Waals surface area contributed by atoms with E-state index in [0.29, 0.717) is 10.7 Å². The summed E-state index contributed by atoms with van der Waals surface area (Å²) in [6.45, 7) is 6.46. The highest BCUT2D eigenvalue weighted by Gasteiger charge is 2.43. The van der Waals surface area contributed by atoms with Crippen LogP contribution in [0.5, 0.6) is 0 Å². The maximum absolute atomic E-state index is 12.4. The van der Waals surface area contributed by atoms with Crippen LogP contribution in [-0.2, 0) is 4.79 Å². The van der Waals surface area contributed by atoms with Crippen molar-refractivity contribution in [1.82, 2.24) is 5.01 Å². The summed E-state index contributed by atoms with van der Waals surface area (Å²) < 4.78 is 37.1. The molecule has 0 radical (unpaired) electrons. The number of anilines is 1. The molecular formula is C12H13F3N2O. The molecule has 0 heterocycles. The van der Waals surface area contributed by atoms with Crippen LogP contribution in [-0.4, -0.2) is 17.1 Å². The number of hydrazine groups is 1. The van der Waals surface area contributed by atoms with Crippen molar-refractivity contribution >= 4 is 11.6 Å². The number of aryl methyl sites for hydroxylation is 1. The van der Waals surface area contributed by atoms with Gasteiger partial charge in [0.25, 0.3) is 0 Å². The lowest BCUT2D eigenvalue weighted by atomic mass is 10.2. The summed E-state index contributed by atoms with van der Waals surface area (Å²) in [6.07, 6.45) is -4.95. The third-order valence-electron chi connectivity index (χ3n) is 2.09. The van der Waals surface area contributed by atoms with E-state index in [4.69, 9.17) is 0 Å². The molecule has 1 amide bonds. The molecule has 0 aromatic heterocycles. The van der Waals surface area contributed by atoms with E-state index in [1.54, 1.807) is 31.2 Å². The Hall–Kier alpha value is -1.98. The zero-order valence-corrected chi connectivity index (χ0v) is 10.0. The summed E-state index contributed by atoms with van der Waals surface area (Å²) in [5.41, 5.74) is 3.59. The van der Waals surface area contributed by atoms with Crippen LogP contribution in [0.2, 0.25) is 0 Å². The van der Waals surface area contributed by atoms with Crippen molar-refractivity contribution in [3.8, 4) is 0 Å². The zero-order valence-electron chi connectivity index (χ0n) is 10.0. The number of hydrogen-bond acceptors (Lipinski definition) is 2. The number of alkyl halides is 3. The van der Waals surface area contributed by atoms with Crippen LogP contribution < -0.4 is 5.43 Å². The topological polar surface area (TPSA) is 32.3 Å².